The standard InChI is InChI=1S/C14H20N2O2/c1-14(2,13(17)18)9-16-6-5-10-7-12(15)4-3-11(10)8-16/h3-4,7H,5-6,8-9,15H2,1-2H3,(H,17,18). The lowest BCUT2D eigenvalue weighted by Gasteiger charge is -2.33. The van der Waals surface area contributed by atoms with Crippen LogP contribution in [0, 0.1) is 5.41 Å². The molecule has 0 amide bonds. The lowest BCUT2D eigenvalue weighted by molar-refractivity contribution is -0.148. The molecule has 1 aromatic carbocycles. The van der Waals surface area contributed by atoms with Crippen molar-refractivity contribution in [2.24, 2.45) is 5.41 Å². The lowest BCUT2D eigenvalue weighted by atomic mass is 9.91. The summed E-state index contributed by atoms with van der Waals surface area (Å²) in [6, 6.07) is 5.98. The zero-order chi connectivity index (χ0) is 13.3. The van der Waals surface area contributed by atoms with Gasteiger partial charge in [-0.25, -0.2) is 0 Å². The van der Waals surface area contributed by atoms with E-state index in [2.05, 4.69) is 4.90 Å². The Labute approximate surface area is 107 Å². The maximum Gasteiger partial charge on any atom is 0.310 e. The van der Waals surface area contributed by atoms with E-state index in [9.17, 15) is 4.79 Å². The number of aliphatic carboxylic acids is 1. The number of carboxylic acid groups (broad SMARTS) is 1. The van der Waals surface area contributed by atoms with Gasteiger partial charge >= 0.3 is 5.97 Å². The molecule has 3 N–H and O–H groups in total. The predicted octanol–water partition coefficient (Wildman–Crippen LogP) is 1.74. The molecule has 98 valence electrons. The van der Waals surface area contributed by atoms with E-state index in [4.69, 9.17) is 10.8 Å². The Morgan fingerprint density at radius 3 is 2.83 bits per heavy atom. The number of fused-ring (bicyclic) bond motifs is 1. The van der Waals surface area contributed by atoms with E-state index >= 15 is 0 Å². The molecular weight excluding hydrogens is 228 g/mol. The van der Waals surface area contributed by atoms with Gasteiger partial charge in [-0.2, -0.15) is 0 Å². The Bertz CT molecular complexity index is 469. The number of rotatable bonds is 3. The van der Waals surface area contributed by atoms with Gasteiger partial charge < -0.3 is 10.8 Å². The molecule has 2 rings (SSSR count). The fraction of sp³-hybridized carbons (Fsp3) is 0.500. The van der Waals surface area contributed by atoms with Gasteiger partial charge in [0.05, 0.1) is 5.41 Å². The topological polar surface area (TPSA) is 66.6 Å². The van der Waals surface area contributed by atoms with Crippen LogP contribution in [0.2, 0.25) is 0 Å². The number of nitrogens with two attached hydrogens (primary N) is 1. The quantitative estimate of drug-likeness (QED) is 0.800. The normalized spacial score (nSPS) is 16.3. The third-order valence-corrected chi connectivity index (χ3v) is 3.52. The highest BCUT2D eigenvalue weighted by Crippen LogP contribution is 2.25. The number of anilines is 1. The number of hydrogen-bond donors (Lipinski definition) is 2. The summed E-state index contributed by atoms with van der Waals surface area (Å²) in [7, 11) is 0. The van der Waals surface area contributed by atoms with E-state index in [0.29, 0.717) is 6.54 Å². The van der Waals surface area contributed by atoms with Crippen molar-refractivity contribution in [3.05, 3.63) is 29.3 Å². The Morgan fingerprint density at radius 1 is 1.44 bits per heavy atom. The molecular formula is C14H20N2O2. The Morgan fingerprint density at radius 2 is 2.17 bits per heavy atom. The second-order valence-corrected chi connectivity index (χ2v) is 5.68. The number of nitrogen functional groups attached to an aromatic ring is 1. The molecule has 0 saturated heterocycles. The van der Waals surface area contributed by atoms with Crippen LogP contribution in [-0.4, -0.2) is 29.1 Å². The van der Waals surface area contributed by atoms with Crippen molar-refractivity contribution in [3.63, 3.8) is 0 Å². The minimum absolute atomic E-state index is 0.576. The molecule has 0 atom stereocenters. The van der Waals surface area contributed by atoms with E-state index in [-0.39, 0.29) is 0 Å². The zero-order valence-corrected chi connectivity index (χ0v) is 10.9. The Hall–Kier alpha value is -1.55. The molecule has 1 aliphatic rings. The summed E-state index contributed by atoms with van der Waals surface area (Å²) >= 11 is 0. The van der Waals surface area contributed by atoms with E-state index < -0.39 is 11.4 Å². The van der Waals surface area contributed by atoms with Crippen LogP contribution < -0.4 is 5.73 Å². The summed E-state index contributed by atoms with van der Waals surface area (Å²) in [6.45, 7) is 5.83. The van der Waals surface area contributed by atoms with Crippen molar-refractivity contribution < 1.29 is 9.90 Å². The highest BCUT2D eigenvalue weighted by atomic mass is 16.4. The first kappa shape index (κ1) is 12.9. The molecule has 0 unspecified atom stereocenters. The second kappa shape index (κ2) is 4.61. The Kier molecular flexibility index (Phi) is 3.30. The first-order valence-electron chi connectivity index (χ1n) is 6.21. The highest BCUT2D eigenvalue weighted by molar-refractivity contribution is 5.73. The van der Waals surface area contributed by atoms with Gasteiger partial charge in [0.2, 0.25) is 0 Å². The minimum Gasteiger partial charge on any atom is -0.481 e. The highest BCUT2D eigenvalue weighted by Gasteiger charge is 2.30. The summed E-state index contributed by atoms with van der Waals surface area (Å²) in [6.07, 6.45) is 0.941. The average molecular weight is 248 g/mol. The smallest absolute Gasteiger partial charge is 0.310 e. The van der Waals surface area contributed by atoms with Crippen LogP contribution in [0.4, 0.5) is 5.69 Å². The van der Waals surface area contributed by atoms with Crippen LogP contribution in [0.3, 0.4) is 0 Å². The zero-order valence-electron chi connectivity index (χ0n) is 10.9. The summed E-state index contributed by atoms with van der Waals surface area (Å²) in [5.41, 5.74) is 8.41. The van der Waals surface area contributed by atoms with Crippen molar-refractivity contribution in [1.82, 2.24) is 4.90 Å². The van der Waals surface area contributed by atoms with Gasteiger partial charge in [-0.15, -0.1) is 0 Å². The summed E-state index contributed by atoms with van der Waals surface area (Å²) in [4.78, 5) is 13.3. The van der Waals surface area contributed by atoms with Gasteiger partial charge in [0.25, 0.3) is 0 Å². The molecule has 0 fully saturated rings. The number of carbonyl (C=O) groups is 1. The largest absolute Gasteiger partial charge is 0.481 e. The van der Waals surface area contributed by atoms with Crippen molar-refractivity contribution in [2.75, 3.05) is 18.8 Å². The molecule has 0 bridgehead atoms. The number of carboxylic acids is 1. The minimum atomic E-state index is -0.745. The van der Waals surface area contributed by atoms with E-state index in [0.717, 1.165) is 25.2 Å². The molecule has 0 aromatic heterocycles. The molecule has 4 nitrogen and oxygen atoms in total. The maximum absolute atomic E-state index is 11.1. The molecule has 1 aliphatic heterocycles. The summed E-state index contributed by atoms with van der Waals surface area (Å²) in [5.74, 6) is -0.745. The van der Waals surface area contributed by atoms with E-state index in [1.807, 2.05) is 18.2 Å². The van der Waals surface area contributed by atoms with Crippen molar-refractivity contribution in [1.29, 1.82) is 0 Å². The molecule has 4 heteroatoms. The predicted molar refractivity (Wildman–Crippen MR) is 71.3 cm³/mol. The fourth-order valence-electron chi connectivity index (χ4n) is 2.39. The third-order valence-electron chi connectivity index (χ3n) is 3.52. The molecule has 1 heterocycles. The third kappa shape index (κ3) is 2.64. The Balaban J connectivity index is 2.09. The molecule has 0 aliphatic carbocycles. The van der Waals surface area contributed by atoms with Gasteiger partial charge in [-0.1, -0.05) is 6.07 Å². The van der Waals surface area contributed by atoms with Gasteiger partial charge in [0.15, 0.2) is 0 Å². The number of benzene rings is 1. The molecule has 0 spiro atoms. The monoisotopic (exact) mass is 248 g/mol. The molecule has 0 radical (unpaired) electrons. The average Bonchev–Trinajstić information content (AvgIpc) is 2.28. The van der Waals surface area contributed by atoms with Crippen LogP contribution in [0.5, 0.6) is 0 Å². The van der Waals surface area contributed by atoms with Crippen LogP contribution >= 0.6 is 0 Å². The van der Waals surface area contributed by atoms with Crippen molar-refractivity contribution >= 4 is 11.7 Å². The van der Waals surface area contributed by atoms with E-state index in [1.54, 1.807) is 13.8 Å². The second-order valence-electron chi connectivity index (χ2n) is 5.68. The first-order valence-corrected chi connectivity index (χ1v) is 6.21. The molecule has 1 aromatic rings. The summed E-state index contributed by atoms with van der Waals surface area (Å²) < 4.78 is 0. The van der Waals surface area contributed by atoms with Crippen LogP contribution in [0.15, 0.2) is 18.2 Å². The molecule has 0 saturated carbocycles. The lowest BCUT2D eigenvalue weighted by Crippen LogP contribution is -2.41. The van der Waals surface area contributed by atoms with Gasteiger partial charge in [-0.3, -0.25) is 9.69 Å². The fourth-order valence-corrected chi connectivity index (χ4v) is 2.39. The van der Waals surface area contributed by atoms with Gasteiger partial charge in [0, 0.05) is 25.3 Å². The maximum atomic E-state index is 11.1. The molecule has 18 heavy (non-hydrogen) atoms. The van der Waals surface area contributed by atoms with Crippen molar-refractivity contribution in [2.45, 2.75) is 26.8 Å². The first-order chi connectivity index (χ1) is 8.38. The SMILES string of the molecule is CC(C)(CN1CCc2cc(N)ccc2C1)C(=O)O. The van der Waals surface area contributed by atoms with Gasteiger partial charge in [0.1, 0.15) is 0 Å². The number of nitrogens with zero attached hydrogens (tertiary/aromatic N) is 1. The number of hydrogen-bond acceptors (Lipinski definition) is 3. The van der Waals surface area contributed by atoms with E-state index in [1.165, 1.54) is 11.1 Å². The van der Waals surface area contributed by atoms with Crippen LogP contribution in [0.1, 0.15) is 25.0 Å². The van der Waals surface area contributed by atoms with Crippen LogP contribution in [0.25, 0.3) is 0 Å². The van der Waals surface area contributed by atoms with Crippen molar-refractivity contribution in [3.8, 4) is 0 Å². The summed E-state index contributed by atoms with van der Waals surface area (Å²) in [5, 5.41) is 9.16. The van der Waals surface area contributed by atoms with Crippen LogP contribution in [-0.2, 0) is 17.8 Å². The van der Waals surface area contributed by atoms with Gasteiger partial charge in [-0.05, 0) is 43.5 Å².